The Hall–Kier alpha value is -1.66. The van der Waals surface area contributed by atoms with Gasteiger partial charge in [0.05, 0.1) is 0 Å². The number of primary amides is 1. The minimum Gasteiger partial charge on any atom is -0.398 e. The number of rotatable bonds is 3. The zero-order chi connectivity index (χ0) is 11.6. The lowest BCUT2D eigenvalue weighted by Crippen LogP contribution is -2.34. The van der Waals surface area contributed by atoms with Crippen molar-refractivity contribution in [2.75, 3.05) is 5.73 Å². The number of carbonyl (C=O) groups excluding carboxylic acids is 1. The van der Waals surface area contributed by atoms with E-state index in [9.17, 15) is 14.3 Å². The van der Waals surface area contributed by atoms with Gasteiger partial charge in [0.2, 0.25) is 5.91 Å². The van der Waals surface area contributed by atoms with Crippen molar-refractivity contribution in [1.82, 2.24) is 0 Å². The van der Waals surface area contributed by atoms with E-state index >= 15 is 0 Å². The van der Waals surface area contributed by atoms with E-state index in [4.69, 9.17) is 16.6 Å². The Morgan fingerprint density at radius 2 is 2.00 bits per heavy atom. The van der Waals surface area contributed by atoms with Crippen molar-refractivity contribution < 1.29 is 19.4 Å². The SMILES string of the molecule is NC(=O)C(O)C(O)c1cc(F)ccc1N. The normalized spacial score (nSPS) is 14.6. The van der Waals surface area contributed by atoms with Gasteiger partial charge in [0.15, 0.2) is 6.10 Å². The predicted molar refractivity (Wildman–Crippen MR) is 51.0 cm³/mol. The van der Waals surface area contributed by atoms with E-state index in [1.807, 2.05) is 0 Å². The molecule has 15 heavy (non-hydrogen) atoms. The van der Waals surface area contributed by atoms with E-state index in [0.29, 0.717) is 0 Å². The number of benzene rings is 1. The van der Waals surface area contributed by atoms with E-state index in [0.717, 1.165) is 12.1 Å². The first-order valence-corrected chi connectivity index (χ1v) is 4.14. The molecule has 0 aliphatic carbocycles. The fourth-order valence-corrected chi connectivity index (χ4v) is 1.13. The summed E-state index contributed by atoms with van der Waals surface area (Å²) < 4.78 is 12.8. The van der Waals surface area contributed by atoms with Crippen molar-refractivity contribution in [3.05, 3.63) is 29.6 Å². The first-order chi connectivity index (χ1) is 6.93. The quantitative estimate of drug-likeness (QED) is 0.498. The molecule has 6 N–H and O–H groups in total. The highest BCUT2D eigenvalue weighted by Gasteiger charge is 2.25. The fraction of sp³-hybridized carbons (Fsp3) is 0.222. The fourth-order valence-electron chi connectivity index (χ4n) is 1.13. The van der Waals surface area contributed by atoms with Gasteiger partial charge in [-0.25, -0.2) is 4.39 Å². The van der Waals surface area contributed by atoms with Crippen LogP contribution in [0.15, 0.2) is 18.2 Å². The summed E-state index contributed by atoms with van der Waals surface area (Å²) in [6, 6.07) is 3.26. The third kappa shape index (κ3) is 2.42. The van der Waals surface area contributed by atoms with Gasteiger partial charge in [0, 0.05) is 11.3 Å². The lowest BCUT2D eigenvalue weighted by molar-refractivity contribution is -0.131. The average Bonchev–Trinajstić information content (AvgIpc) is 2.19. The number of aliphatic hydroxyl groups is 2. The second-order valence-electron chi connectivity index (χ2n) is 3.07. The van der Waals surface area contributed by atoms with Crippen LogP contribution in [0.5, 0.6) is 0 Å². The molecule has 0 fully saturated rings. The zero-order valence-corrected chi connectivity index (χ0v) is 7.72. The lowest BCUT2D eigenvalue weighted by atomic mass is 10.0. The number of amides is 1. The Balaban J connectivity index is 3.04. The van der Waals surface area contributed by atoms with E-state index < -0.39 is 23.9 Å². The summed E-state index contributed by atoms with van der Waals surface area (Å²) in [5, 5.41) is 18.6. The number of carbonyl (C=O) groups is 1. The van der Waals surface area contributed by atoms with Crippen LogP contribution in [0.3, 0.4) is 0 Å². The monoisotopic (exact) mass is 214 g/mol. The first-order valence-electron chi connectivity index (χ1n) is 4.14. The van der Waals surface area contributed by atoms with Gasteiger partial charge in [-0.05, 0) is 18.2 Å². The molecule has 0 bridgehead atoms. The summed E-state index contributed by atoms with van der Waals surface area (Å²) in [6.45, 7) is 0. The van der Waals surface area contributed by atoms with Crippen LogP contribution < -0.4 is 11.5 Å². The average molecular weight is 214 g/mol. The van der Waals surface area contributed by atoms with Crippen LogP contribution >= 0.6 is 0 Å². The third-order valence-electron chi connectivity index (χ3n) is 1.96. The van der Waals surface area contributed by atoms with Crippen LogP contribution in [0.1, 0.15) is 11.7 Å². The summed E-state index contributed by atoms with van der Waals surface area (Å²) in [4.78, 5) is 10.6. The lowest BCUT2D eigenvalue weighted by Gasteiger charge is -2.16. The van der Waals surface area contributed by atoms with Crippen LogP contribution in [0.4, 0.5) is 10.1 Å². The van der Waals surface area contributed by atoms with Crippen LogP contribution in [0.2, 0.25) is 0 Å². The van der Waals surface area contributed by atoms with E-state index in [1.165, 1.54) is 6.07 Å². The second kappa shape index (κ2) is 4.24. The molecule has 2 atom stereocenters. The molecule has 5 nitrogen and oxygen atoms in total. The Kier molecular flexibility index (Phi) is 3.23. The summed E-state index contributed by atoms with van der Waals surface area (Å²) >= 11 is 0. The Morgan fingerprint density at radius 1 is 1.40 bits per heavy atom. The first kappa shape index (κ1) is 11.4. The van der Waals surface area contributed by atoms with Gasteiger partial charge >= 0.3 is 0 Å². The highest BCUT2D eigenvalue weighted by molar-refractivity contribution is 5.79. The van der Waals surface area contributed by atoms with Crippen molar-refractivity contribution in [3.8, 4) is 0 Å². The number of aliphatic hydroxyl groups excluding tert-OH is 2. The smallest absolute Gasteiger partial charge is 0.249 e. The summed E-state index contributed by atoms with van der Waals surface area (Å²) in [6.07, 6.45) is -3.44. The molecule has 0 aromatic heterocycles. The van der Waals surface area contributed by atoms with Gasteiger partial charge < -0.3 is 21.7 Å². The van der Waals surface area contributed by atoms with Gasteiger partial charge in [-0.2, -0.15) is 0 Å². The van der Waals surface area contributed by atoms with Crippen LogP contribution in [0, 0.1) is 5.82 Å². The van der Waals surface area contributed by atoms with Gasteiger partial charge in [0.1, 0.15) is 11.9 Å². The Bertz CT molecular complexity index is 384. The number of halogens is 1. The van der Waals surface area contributed by atoms with Crippen LogP contribution in [-0.2, 0) is 4.79 Å². The molecule has 0 aliphatic rings. The van der Waals surface area contributed by atoms with Gasteiger partial charge in [-0.15, -0.1) is 0 Å². The minimum atomic E-state index is -1.81. The maximum absolute atomic E-state index is 12.8. The number of anilines is 1. The van der Waals surface area contributed by atoms with Crippen molar-refractivity contribution in [1.29, 1.82) is 0 Å². The zero-order valence-electron chi connectivity index (χ0n) is 7.72. The molecule has 1 aromatic rings. The number of hydrogen-bond donors (Lipinski definition) is 4. The maximum Gasteiger partial charge on any atom is 0.249 e. The third-order valence-corrected chi connectivity index (χ3v) is 1.96. The van der Waals surface area contributed by atoms with Gasteiger partial charge in [-0.1, -0.05) is 0 Å². The molecule has 1 amide bonds. The predicted octanol–water partition coefficient (Wildman–Crippen LogP) is -0.713. The molecule has 6 heteroatoms. The largest absolute Gasteiger partial charge is 0.398 e. The van der Waals surface area contributed by atoms with Crippen molar-refractivity contribution in [2.45, 2.75) is 12.2 Å². The van der Waals surface area contributed by atoms with Crippen molar-refractivity contribution in [2.24, 2.45) is 5.73 Å². The molecule has 1 aromatic carbocycles. The number of nitrogens with two attached hydrogens (primary N) is 2. The van der Waals surface area contributed by atoms with Gasteiger partial charge in [-0.3, -0.25) is 4.79 Å². The van der Waals surface area contributed by atoms with E-state index in [-0.39, 0.29) is 11.3 Å². The number of hydrogen-bond acceptors (Lipinski definition) is 4. The Labute approximate surface area is 85.1 Å². The topological polar surface area (TPSA) is 110 Å². The highest BCUT2D eigenvalue weighted by atomic mass is 19.1. The molecule has 0 spiro atoms. The van der Waals surface area contributed by atoms with Crippen LogP contribution in [-0.4, -0.2) is 22.2 Å². The Morgan fingerprint density at radius 3 is 2.53 bits per heavy atom. The van der Waals surface area contributed by atoms with Crippen molar-refractivity contribution in [3.63, 3.8) is 0 Å². The van der Waals surface area contributed by atoms with Gasteiger partial charge in [0.25, 0.3) is 0 Å². The second-order valence-corrected chi connectivity index (χ2v) is 3.07. The van der Waals surface area contributed by atoms with Crippen molar-refractivity contribution >= 4 is 11.6 Å². The minimum absolute atomic E-state index is 0.0682. The molecule has 82 valence electrons. The van der Waals surface area contributed by atoms with E-state index in [2.05, 4.69) is 0 Å². The molecule has 2 unspecified atom stereocenters. The molecular formula is C9H11FN2O3. The standard InChI is InChI=1S/C9H11FN2O3/c10-4-1-2-6(11)5(3-4)7(13)8(14)9(12)15/h1-3,7-8,13-14H,11H2,(H2,12,15). The maximum atomic E-state index is 12.8. The molecule has 0 aliphatic heterocycles. The van der Waals surface area contributed by atoms with Crippen LogP contribution in [0.25, 0.3) is 0 Å². The molecule has 0 saturated heterocycles. The molecule has 1 rings (SSSR count). The molecular weight excluding hydrogens is 203 g/mol. The number of nitrogen functional groups attached to an aromatic ring is 1. The molecule has 0 saturated carbocycles. The molecule has 0 heterocycles. The molecule has 0 radical (unpaired) electrons. The van der Waals surface area contributed by atoms with E-state index in [1.54, 1.807) is 0 Å². The summed E-state index contributed by atoms with van der Waals surface area (Å²) in [7, 11) is 0. The highest BCUT2D eigenvalue weighted by Crippen LogP contribution is 2.23. The summed E-state index contributed by atoms with van der Waals surface area (Å²) in [5.41, 5.74) is 10.2. The summed E-state index contributed by atoms with van der Waals surface area (Å²) in [5.74, 6) is -1.74.